The molecule has 0 aliphatic carbocycles. The first-order chi connectivity index (χ1) is 5.97. The zero-order chi connectivity index (χ0) is 9.90. The number of halogens is 1. The van der Waals surface area contributed by atoms with Gasteiger partial charge in [0.2, 0.25) is 0 Å². The molecule has 1 aromatic rings. The van der Waals surface area contributed by atoms with Crippen molar-refractivity contribution in [3.05, 3.63) is 34.3 Å². The molecule has 72 valence electrons. The Morgan fingerprint density at radius 3 is 2.46 bits per heavy atom. The van der Waals surface area contributed by atoms with Crippen molar-refractivity contribution >= 4 is 38.7 Å². The molecular formula is C7H7BrO3SSe. The normalized spacial score (nSPS) is 15.2. The molecule has 0 amide bonds. The van der Waals surface area contributed by atoms with Crippen molar-refractivity contribution in [1.82, 2.24) is 0 Å². The number of benzene rings is 1. The minimum atomic E-state index is -3.22. The van der Waals surface area contributed by atoms with Gasteiger partial charge in [-0.1, -0.05) is 0 Å². The van der Waals surface area contributed by atoms with Gasteiger partial charge in [0.05, 0.1) is 0 Å². The predicted octanol–water partition coefficient (Wildman–Crippen LogP) is 1.72. The molecular weight excluding hydrogens is 323 g/mol. The van der Waals surface area contributed by atoms with E-state index in [4.69, 9.17) is 4.55 Å². The van der Waals surface area contributed by atoms with E-state index in [2.05, 4.69) is 20.1 Å². The summed E-state index contributed by atoms with van der Waals surface area (Å²) in [5, 5.41) is 0. The second kappa shape index (κ2) is 4.68. The maximum atomic E-state index is 10.7. The van der Waals surface area contributed by atoms with Crippen LogP contribution < -0.4 is 0 Å². The van der Waals surface area contributed by atoms with E-state index in [1.54, 1.807) is 0 Å². The molecule has 0 heterocycles. The molecule has 3 nitrogen and oxygen atoms in total. The van der Waals surface area contributed by atoms with Crippen LogP contribution in [-0.4, -0.2) is 23.1 Å². The third kappa shape index (κ3) is 4.90. The van der Waals surface area contributed by atoms with E-state index >= 15 is 0 Å². The van der Waals surface area contributed by atoms with E-state index < -0.39 is 8.42 Å². The number of hydrogen-bond donors (Lipinski definition) is 1. The Hall–Kier alpha value is 0.289. The van der Waals surface area contributed by atoms with Crippen LogP contribution in [0.1, 0.15) is 5.56 Å². The van der Waals surface area contributed by atoms with Crippen molar-refractivity contribution in [2.24, 2.45) is 0 Å². The Bertz CT molecular complexity index is 373. The summed E-state index contributed by atoms with van der Waals surface area (Å²) in [6.07, 6.45) is 0. The van der Waals surface area contributed by atoms with E-state index in [1.807, 2.05) is 38.6 Å². The fourth-order valence-corrected chi connectivity index (χ4v) is 1.58. The van der Waals surface area contributed by atoms with Gasteiger partial charge in [0, 0.05) is 0 Å². The van der Waals surface area contributed by atoms with Crippen LogP contribution in [0.2, 0.25) is 0 Å². The van der Waals surface area contributed by atoms with E-state index in [-0.39, 0.29) is 6.61 Å². The monoisotopic (exact) mass is 330 g/mol. The summed E-state index contributed by atoms with van der Waals surface area (Å²) in [4.78, 5) is 0. The van der Waals surface area contributed by atoms with Crippen LogP contribution in [0.4, 0.5) is 0 Å². The van der Waals surface area contributed by atoms with Gasteiger partial charge in [0.1, 0.15) is 0 Å². The van der Waals surface area contributed by atoms with E-state index in [9.17, 15) is 4.21 Å². The first-order valence-corrected chi connectivity index (χ1v) is 7.59. The summed E-state index contributed by atoms with van der Waals surface area (Å²) in [5.41, 5.74) is 0.847. The van der Waals surface area contributed by atoms with E-state index in [0.717, 1.165) is 10.0 Å². The van der Waals surface area contributed by atoms with Gasteiger partial charge in [-0.3, -0.25) is 0 Å². The fraction of sp³-hybridized carbons (Fsp3) is 0.143. The minimum absolute atomic E-state index is 0.121. The van der Waals surface area contributed by atoms with Crippen molar-refractivity contribution in [3.63, 3.8) is 0 Å². The maximum absolute atomic E-state index is 10.7. The first-order valence-electron chi connectivity index (χ1n) is 3.34. The Morgan fingerprint density at radius 1 is 1.46 bits per heavy atom. The van der Waals surface area contributed by atoms with Crippen molar-refractivity contribution in [3.8, 4) is 0 Å². The third-order valence-electron chi connectivity index (χ3n) is 1.29. The van der Waals surface area contributed by atoms with Gasteiger partial charge in [-0.05, 0) is 0 Å². The summed E-state index contributed by atoms with van der Waals surface area (Å²) >= 11 is 5.33. The molecule has 1 rings (SSSR count). The average Bonchev–Trinajstić information content (AvgIpc) is 2.02. The quantitative estimate of drug-likeness (QED) is 0.859. The van der Waals surface area contributed by atoms with Crippen molar-refractivity contribution < 1.29 is 12.9 Å². The average molecular weight is 330 g/mol. The van der Waals surface area contributed by atoms with Gasteiger partial charge in [0.15, 0.2) is 0 Å². The topological polar surface area (TPSA) is 46.5 Å². The molecule has 0 radical (unpaired) electrons. The molecule has 13 heavy (non-hydrogen) atoms. The molecule has 0 spiro atoms. The van der Waals surface area contributed by atoms with Crippen molar-refractivity contribution in [2.75, 3.05) is 0 Å². The van der Waals surface area contributed by atoms with Gasteiger partial charge in [-0.15, -0.1) is 0 Å². The van der Waals surface area contributed by atoms with Crippen molar-refractivity contribution in [1.29, 1.82) is 0 Å². The molecule has 0 saturated heterocycles. The van der Waals surface area contributed by atoms with Crippen LogP contribution in [0.5, 0.6) is 0 Å². The molecule has 1 atom stereocenters. The van der Waals surface area contributed by atoms with Gasteiger partial charge in [-0.2, -0.15) is 0 Å². The molecule has 1 N–H and O–H groups in total. The molecule has 0 fully saturated rings. The summed E-state index contributed by atoms with van der Waals surface area (Å²) in [7, 11) is -3.22. The fourth-order valence-electron chi connectivity index (χ4n) is 0.723. The van der Waals surface area contributed by atoms with Gasteiger partial charge >= 0.3 is 92.6 Å². The number of hydrogen-bond acceptors (Lipinski definition) is 2. The molecule has 0 saturated carbocycles. The Morgan fingerprint density at radius 2 is 2.00 bits per heavy atom. The standard InChI is InChI=1S/C7H7BrO3SSe/c8-7-3-1-6(2-4-7)5-11-12(9,10)13/h1-4H,5H2,(H,9,10,13). The third-order valence-corrected chi connectivity index (χ3v) is 2.84. The van der Waals surface area contributed by atoms with Crippen LogP contribution >= 0.6 is 15.9 Å². The van der Waals surface area contributed by atoms with Gasteiger partial charge in [-0.25, -0.2) is 0 Å². The molecule has 0 aliphatic heterocycles. The summed E-state index contributed by atoms with van der Waals surface area (Å²) < 4.78 is 25.1. The zero-order valence-electron chi connectivity index (χ0n) is 6.47. The predicted molar refractivity (Wildman–Crippen MR) is 55.5 cm³/mol. The van der Waals surface area contributed by atoms with Crippen LogP contribution in [0.3, 0.4) is 0 Å². The molecule has 6 heteroatoms. The van der Waals surface area contributed by atoms with Crippen LogP contribution in [-0.2, 0) is 19.2 Å². The van der Waals surface area contributed by atoms with Crippen molar-refractivity contribution in [2.45, 2.75) is 6.61 Å². The van der Waals surface area contributed by atoms with Gasteiger partial charge < -0.3 is 0 Å². The molecule has 0 bridgehead atoms. The SMILES string of the molecule is O=S(O)(=[Se])OCc1ccc(Br)cc1. The van der Waals surface area contributed by atoms with Crippen LogP contribution in [0.25, 0.3) is 0 Å². The molecule has 0 aromatic heterocycles. The summed E-state index contributed by atoms with van der Waals surface area (Å²) in [5.74, 6) is 0. The second-order valence-corrected chi connectivity index (χ2v) is 6.97. The Kier molecular flexibility index (Phi) is 4.09. The van der Waals surface area contributed by atoms with Crippen LogP contribution in [0.15, 0.2) is 28.7 Å². The first kappa shape index (κ1) is 11.4. The molecule has 0 aliphatic rings. The molecule has 1 aromatic carbocycles. The molecule has 1 unspecified atom stereocenters. The van der Waals surface area contributed by atoms with E-state index in [0.29, 0.717) is 0 Å². The Labute approximate surface area is 92.3 Å². The Balaban J connectivity index is 2.61. The van der Waals surface area contributed by atoms with Gasteiger partial charge in [0.25, 0.3) is 0 Å². The summed E-state index contributed by atoms with van der Waals surface area (Å²) in [6.45, 7) is 0.121. The second-order valence-electron chi connectivity index (χ2n) is 2.32. The zero-order valence-corrected chi connectivity index (χ0v) is 10.6. The van der Waals surface area contributed by atoms with Crippen LogP contribution in [0, 0.1) is 0 Å². The number of rotatable bonds is 3. The van der Waals surface area contributed by atoms with E-state index in [1.165, 1.54) is 0 Å². The summed E-state index contributed by atoms with van der Waals surface area (Å²) in [6, 6.07) is 7.32.